The summed E-state index contributed by atoms with van der Waals surface area (Å²) in [6.07, 6.45) is 1.76. The summed E-state index contributed by atoms with van der Waals surface area (Å²) >= 11 is 1.49. The van der Waals surface area contributed by atoms with Crippen LogP contribution in [-0.4, -0.2) is 4.98 Å². The summed E-state index contributed by atoms with van der Waals surface area (Å²) in [7, 11) is 0. The summed E-state index contributed by atoms with van der Waals surface area (Å²) in [6.45, 7) is 2.03. The van der Waals surface area contributed by atoms with Gasteiger partial charge in [0.25, 0.3) is 0 Å². The molecule has 1 aromatic heterocycles. The molecule has 2 rings (SSSR count). The molecule has 0 amide bonds. The third-order valence-electron chi connectivity index (χ3n) is 2.24. The SMILES string of the molecule is CC(Sc1ccccc1F)c1ccccn1. The van der Waals surface area contributed by atoms with Gasteiger partial charge < -0.3 is 0 Å². The van der Waals surface area contributed by atoms with Crippen LogP contribution < -0.4 is 0 Å². The molecule has 0 N–H and O–H groups in total. The quantitative estimate of drug-likeness (QED) is 0.741. The molecule has 1 unspecified atom stereocenters. The van der Waals surface area contributed by atoms with Crippen molar-refractivity contribution in [3.8, 4) is 0 Å². The second kappa shape index (κ2) is 5.12. The summed E-state index contributed by atoms with van der Waals surface area (Å²) in [5, 5.41) is 0.151. The topological polar surface area (TPSA) is 12.9 Å². The minimum absolute atomic E-state index is 0.151. The van der Waals surface area contributed by atoms with Gasteiger partial charge in [0.2, 0.25) is 0 Å². The molecular formula is C13H12FNS. The highest BCUT2D eigenvalue weighted by Crippen LogP contribution is 2.34. The Morgan fingerprint density at radius 3 is 2.56 bits per heavy atom. The molecule has 1 nitrogen and oxygen atoms in total. The molecule has 0 spiro atoms. The predicted molar refractivity (Wildman–Crippen MR) is 64.9 cm³/mol. The van der Waals surface area contributed by atoms with E-state index in [9.17, 15) is 4.39 Å². The van der Waals surface area contributed by atoms with E-state index >= 15 is 0 Å². The number of thioether (sulfide) groups is 1. The Morgan fingerprint density at radius 2 is 1.88 bits per heavy atom. The lowest BCUT2D eigenvalue weighted by atomic mass is 10.3. The Morgan fingerprint density at radius 1 is 1.12 bits per heavy atom. The van der Waals surface area contributed by atoms with Gasteiger partial charge in [-0.25, -0.2) is 4.39 Å². The Labute approximate surface area is 98.7 Å². The fourth-order valence-electron chi connectivity index (χ4n) is 1.41. The normalized spacial score (nSPS) is 12.4. The molecule has 0 fully saturated rings. The molecule has 0 radical (unpaired) electrons. The summed E-state index contributed by atoms with van der Waals surface area (Å²) in [5.74, 6) is -0.171. The highest BCUT2D eigenvalue weighted by atomic mass is 32.2. The Bertz CT molecular complexity index is 458. The highest BCUT2D eigenvalue weighted by molar-refractivity contribution is 7.99. The van der Waals surface area contributed by atoms with Gasteiger partial charge in [-0.1, -0.05) is 18.2 Å². The average molecular weight is 233 g/mol. The molecule has 3 heteroatoms. The minimum atomic E-state index is -0.171. The molecule has 0 aliphatic carbocycles. The van der Waals surface area contributed by atoms with Crippen LogP contribution in [0.3, 0.4) is 0 Å². The lowest BCUT2D eigenvalue weighted by molar-refractivity contribution is 0.601. The van der Waals surface area contributed by atoms with Crippen LogP contribution >= 0.6 is 11.8 Å². The molecule has 0 saturated heterocycles. The standard InChI is InChI=1S/C13H12FNS/c1-10(12-7-4-5-9-15-12)16-13-8-3-2-6-11(13)14/h2-10H,1H3. The zero-order valence-electron chi connectivity index (χ0n) is 8.93. The van der Waals surface area contributed by atoms with E-state index in [0.29, 0.717) is 4.90 Å². The number of aromatic nitrogens is 1. The van der Waals surface area contributed by atoms with Crippen molar-refractivity contribution < 1.29 is 4.39 Å². The Balaban J connectivity index is 2.14. The maximum atomic E-state index is 13.4. The first-order valence-corrected chi connectivity index (χ1v) is 5.97. The first kappa shape index (κ1) is 11.1. The Kier molecular flexibility index (Phi) is 3.57. The molecule has 0 bridgehead atoms. The molecule has 1 atom stereocenters. The molecule has 0 saturated carbocycles. The van der Waals surface area contributed by atoms with Crippen molar-refractivity contribution in [1.29, 1.82) is 0 Å². The number of rotatable bonds is 3. The van der Waals surface area contributed by atoms with Crippen LogP contribution in [0.25, 0.3) is 0 Å². The fourth-order valence-corrected chi connectivity index (χ4v) is 2.39. The van der Waals surface area contributed by atoms with Gasteiger partial charge in [0.15, 0.2) is 0 Å². The fraction of sp³-hybridized carbons (Fsp3) is 0.154. The van der Waals surface area contributed by atoms with Crippen molar-refractivity contribution >= 4 is 11.8 Å². The highest BCUT2D eigenvalue weighted by Gasteiger charge is 2.10. The first-order chi connectivity index (χ1) is 7.77. The van der Waals surface area contributed by atoms with E-state index in [2.05, 4.69) is 4.98 Å². The van der Waals surface area contributed by atoms with Gasteiger partial charge in [0, 0.05) is 16.3 Å². The maximum absolute atomic E-state index is 13.4. The van der Waals surface area contributed by atoms with E-state index in [1.54, 1.807) is 18.3 Å². The van der Waals surface area contributed by atoms with Crippen LogP contribution in [0.5, 0.6) is 0 Å². The number of pyridine rings is 1. The second-order valence-electron chi connectivity index (χ2n) is 3.45. The number of halogens is 1. The monoisotopic (exact) mass is 233 g/mol. The number of hydrogen-bond acceptors (Lipinski definition) is 2. The third kappa shape index (κ3) is 2.61. The molecule has 16 heavy (non-hydrogen) atoms. The minimum Gasteiger partial charge on any atom is -0.260 e. The number of nitrogens with zero attached hydrogens (tertiary/aromatic N) is 1. The third-order valence-corrected chi connectivity index (χ3v) is 3.42. The van der Waals surface area contributed by atoms with Gasteiger partial charge in [-0.3, -0.25) is 4.98 Å². The van der Waals surface area contributed by atoms with Gasteiger partial charge in [-0.05, 0) is 31.2 Å². The van der Waals surface area contributed by atoms with E-state index in [1.165, 1.54) is 17.8 Å². The summed E-state index contributed by atoms with van der Waals surface area (Å²) in [6, 6.07) is 12.6. The number of hydrogen-bond donors (Lipinski definition) is 0. The van der Waals surface area contributed by atoms with Crippen molar-refractivity contribution in [2.75, 3.05) is 0 Å². The molecule has 1 heterocycles. The zero-order valence-corrected chi connectivity index (χ0v) is 9.75. The van der Waals surface area contributed by atoms with E-state index in [-0.39, 0.29) is 11.1 Å². The molecule has 2 aromatic rings. The second-order valence-corrected chi connectivity index (χ2v) is 4.83. The van der Waals surface area contributed by atoms with Crippen molar-refractivity contribution in [3.05, 3.63) is 60.2 Å². The lowest BCUT2D eigenvalue weighted by Gasteiger charge is -2.10. The van der Waals surface area contributed by atoms with E-state index in [0.717, 1.165) is 5.69 Å². The van der Waals surface area contributed by atoms with Crippen molar-refractivity contribution in [1.82, 2.24) is 4.98 Å². The molecule has 82 valence electrons. The maximum Gasteiger partial charge on any atom is 0.136 e. The summed E-state index contributed by atoms with van der Waals surface area (Å²) in [5.41, 5.74) is 0.968. The van der Waals surface area contributed by atoms with Gasteiger partial charge in [-0.15, -0.1) is 11.8 Å². The van der Waals surface area contributed by atoms with Gasteiger partial charge in [-0.2, -0.15) is 0 Å². The average Bonchev–Trinajstić information content (AvgIpc) is 2.33. The zero-order chi connectivity index (χ0) is 11.4. The van der Waals surface area contributed by atoms with E-state index < -0.39 is 0 Å². The van der Waals surface area contributed by atoms with Gasteiger partial charge >= 0.3 is 0 Å². The lowest BCUT2D eigenvalue weighted by Crippen LogP contribution is -1.92. The van der Waals surface area contributed by atoms with E-state index in [4.69, 9.17) is 0 Å². The summed E-state index contributed by atoms with van der Waals surface area (Å²) < 4.78 is 13.4. The number of benzene rings is 1. The van der Waals surface area contributed by atoms with Gasteiger partial charge in [0.1, 0.15) is 5.82 Å². The van der Waals surface area contributed by atoms with Crippen LogP contribution in [0, 0.1) is 5.82 Å². The molecule has 0 aliphatic heterocycles. The van der Waals surface area contributed by atoms with Crippen molar-refractivity contribution in [2.24, 2.45) is 0 Å². The van der Waals surface area contributed by atoms with Crippen molar-refractivity contribution in [2.45, 2.75) is 17.1 Å². The molecule has 1 aromatic carbocycles. The van der Waals surface area contributed by atoms with Crippen LogP contribution in [0.2, 0.25) is 0 Å². The summed E-state index contributed by atoms with van der Waals surface area (Å²) in [4.78, 5) is 4.93. The van der Waals surface area contributed by atoms with Crippen LogP contribution in [-0.2, 0) is 0 Å². The van der Waals surface area contributed by atoms with Crippen LogP contribution in [0.15, 0.2) is 53.6 Å². The molecule has 0 aliphatic rings. The van der Waals surface area contributed by atoms with Crippen LogP contribution in [0.1, 0.15) is 17.9 Å². The Hall–Kier alpha value is -1.35. The van der Waals surface area contributed by atoms with E-state index in [1.807, 2.05) is 31.2 Å². The largest absolute Gasteiger partial charge is 0.260 e. The van der Waals surface area contributed by atoms with Crippen molar-refractivity contribution in [3.63, 3.8) is 0 Å². The molecular weight excluding hydrogens is 221 g/mol. The first-order valence-electron chi connectivity index (χ1n) is 5.09. The van der Waals surface area contributed by atoms with Gasteiger partial charge in [0.05, 0.1) is 5.69 Å². The smallest absolute Gasteiger partial charge is 0.136 e. The predicted octanol–water partition coefficient (Wildman–Crippen LogP) is 4.07. The van der Waals surface area contributed by atoms with Crippen LogP contribution in [0.4, 0.5) is 4.39 Å².